The number of hydrogen-bond acceptors (Lipinski definition) is 6. The molecule has 0 radical (unpaired) electrons. The van der Waals surface area contributed by atoms with E-state index in [2.05, 4.69) is 5.32 Å². The van der Waals surface area contributed by atoms with E-state index in [1.165, 1.54) is 7.11 Å². The van der Waals surface area contributed by atoms with Crippen LogP contribution in [-0.4, -0.2) is 50.8 Å². The van der Waals surface area contributed by atoms with Crippen LogP contribution in [0.5, 0.6) is 0 Å². The molecular formula is C15H19NO5. The molecule has 0 spiro atoms. The number of nitrogens with one attached hydrogen (secondary N) is 1. The quantitative estimate of drug-likeness (QED) is 0.796. The van der Waals surface area contributed by atoms with Crippen LogP contribution in [0.1, 0.15) is 5.56 Å². The lowest BCUT2D eigenvalue weighted by molar-refractivity contribution is -0.156. The van der Waals surface area contributed by atoms with Gasteiger partial charge in [0, 0.05) is 6.54 Å². The molecule has 2 aliphatic heterocycles. The number of benzene rings is 1. The third-order valence-corrected chi connectivity index (χ3v) is 3.68. The van der Waals surface area contributed by atoms with Crippen LogP contribution >= 0.6 is 0 Å². The first kappa shape index (κ1) is 14.5. The lowest BCUT2D eigenvalue weighted by Crippen LogP contribution is -2.51. The minimum atomic E-state index is -0.647. The normalized spacial score (nSPS) is 31.1. The molecule has 2 heterocycles. The summed E-state index contributed by atoms with van der Waals surface area (Å²) in [7, 11) is 1.35. The van der Waals surface area contributed by atoms with Crippen molar-refractivity contribution < 1.29 is 23.7 Å². The molecule has 21 heavy (non-hydrogen) atoms. The van der Waals surface area contributed by atoms with Gasteiger partial charge >= 0.3 is 5.97 Å². The van der Waals surface area contributed by atoms with Crippen LogP contribution in [0.3, 0.4) is 0 Å². The molecule has 6 heteroatoms. The van der Waals surface area contributed by atoms with E-state index in [-0.39, 0.29) is 12.1 Å². The molecular weight excluding hydrogens is 274 g/mol. The highest BCUT2D eigenvalue weighted by Gasteiger charge is 2.48. The average molecular weight is 293 g/mol. The van der Waals surface area contributed by atoms with Gasteiger partial charge in [-0.15, -0.1) is 0 Å². The van der Waals surface area contributed by atoms with Crippen LogP contribution in [0.2, 0.25) is 0 Å². The summed E-state index contributed by atoms with van der Waals surface area (Å²) in [4.78, 5) is 11.6. The molecule has 2 saturated heterocycles. The van der Waals surface area contributed by atoms with Crippen LogP contribution in [-0.2, 0) is 30.3 Å². The van der Waals surface area contributed by atoms with Gasteiger partial charge < -0.3 is 24.3 Å². The number of hydrogen-bond donors (Lipinski definition) is 1. The van der Waals surface area contributed by atoms with Crippen LogP contribution in [0.25, 0.3) is 0 Å². The Morgan fingerprint density at radius 2 is 2.14 bits per heavy atom. The Morgan fingerprint density at radius 3 is 2.90 bits per heavy atom. The molecule has 0 saturated carbocycles. The lowest BCUT2D eigenvalue weighted by atomic mass is 10.2. The van der Waals surface area contributed by atoms with E-state index in [0.29, 0.717) is 19.8 Å². The van der Waals surface area contributed by atoms with Crippen molar-refractivity contribution in [2.24, 2.45) is 0 Å². The van der Waals surface area contributed by atoms with Gasteiger partial charge in [-0.05, 0) is 5.56 Å². The second kappa shape index (κ2) is 6.53. The van der Waals surface area contributed by atoms with Gasteiger partial charge in [0.25, 0.3) is 0 Å². The van der Waals surface area contributed by atoms with Crippen molar-refractivity contribution >= 4 is 5.97 Å². The number of morpholine rings is 1. The van der Waals surface area contributed by atoms with E-state index >= 15 is 0 Å². The summed E-state index contributed by atoms with van der Waals surface area (Å²) in [5.41, 5.74) is 1.12. The molecule has 3 rings (SSSR count). The van der Waals surface area contributed by atoms with Crippen molar-refractivity contribution in [1.82, 2.24) is 5.32 Å². The molecule has 0 unspecified atom stereocenters. The standard InChI is InChI=1S/C15H19NO5/c1-18-14(17)13-12-7-16-11(15(20-12)21-13)9-19-8-10-5-3-2-4-6-10/h2-6,11-13,15-16H,7-9H2,1H3/t11-,12-,13-,15-/m0/s1. The molecule has 2 fully saturated rings. The maximum atomic E-state index is 11.6. The molecule has 0 amide bonds. The van der Waals surface area contributed by atoms with Gasteiger partial charge in [0.15, 0.2) is 12.4 Å². The largest absolute Gasteiger partial charge is 0.467 e. The van der Waals surface area contributed by atoms with Crippen molar-refractivity contribution in [1.29, 1.82) is 0 Å². The zero-order chi connectivity index (χ0) is 14.7. The zero-order valence-corrected chi connectivity index (χ0v) is 11.9. The average Bonchev–Trinajstić information content (AvgIpc) is 2.88. The summed E-state index contributed by atoms with van der Waals surface area (Å²) in [6, 6.07) is 9.87. The topological polar surface area (TPSA) is 66.0 Å². The minimum absolute atomic E-state index is 0.0837. The molecule has 0 aliphatic carbocycles. The van der Waals surface area contributed by atoms with Crippen molar-refractivity contribution in [2.45, 2.75) is 31.1 Å². The van der Waals surface area contributed by atoms with Gasteiger partial charge in [-0.25, -0.2) is 4.79 Å². The Bertz CT molecular complexity index is 480. The molecule has 0 aromatic heterocycles. The van der Waals surface area contributed by atoms with E-state index in [4.69, 9.17) is 18.9 Å². The minimum Gasteiger partial charge on any atom is -0.467 e. The maximum Gasteiger partial charge on any atom is 0.337 e. The molecule has 6 nitrogen and oxygen atoms in total. The van der Waals surface area contributed by atoms with Crippen molar-refractivity contribution in [3.63, 3.8) is 0 Å². The number of carbonyl (C=O) groups is 1. The first-order valence-corrected chi connectivity index (χ1v) is 7.01. The molecule has 1 aromatic rings. The van der Waals surface area contributed by atoms with Gasteiger partial charge in [0.1, 0.15) is 6.10 Å². The van der Waals surface area contributed by atoms with Crippen molar-refractivity contribution in [2.75, 3.05) is 20.3 Å². The highest BCUT2D eigenvalue weighted by Crippen LogP contribution is 2.26. The van der Waals surface area contributed by atoms with E-state index in [0.717, 1.165) is 5.56 Å². The summed E-state index contributed by atoms with van der Waals surface area (Å²) in [6.07, 6.45) is -1.40. The first-order valence-electron chi connectivity index (χ1n) is 7.01. The fourth-order valence-electron chi connectivity index (χ4n) is 2.56. The second-order valence-corrected chi connectivity index (χ2v) is 5.14. The summed E-state index contributed by atoms with van der Waals surface area (Å²) >= 11 is 0. The van der Waals surface area contributed by atoms with Crippen LogP contribution in [0, 0.1) is 0 Å². The zero-order valence-electron chi connectivity index (χ0n) is 11.9. The number of methoxy groups -OCH3 is 1. The highest BCUT2D eigenvalue weighted by atomic mass is 16.7. The summed E-state index contributed by atoms with van der Waals surface area (Å²) in [5.74, 6) is -0.393. The van der Waals surface area contributed by atoms with Crippen molar-refractivity contribution in [3.8, 4) is 0 Å². The second-order valence-electron chi connectivity index (χ2n) is 5.14. The number of rotatable bonds is 5. The third kappa shape index (κ3) is 3.24. The number of fused-ring (bicyclic) bond motifs is 2. The third-order valence-electron chi connectivity index (χ3n) is 3.68. The molecule has 4 atom stereocenters. The number of carbonyl (C=O) groups excluding carboxylic acids is 1. The van der Waals surface area contributed by atoms with Crippen molar-refractivity contribution in [3.05, 3.63) is 35.9 Å². The lowest BCUT2D eigenvalue weighted by Gasteiger charge is -2.28. The number of ether oxygens (including phenoxy) is 4. The van der Waals surface area contributed by atoms with E-state index in [1.807, 2.05) is 30.3 Å². The van der Waals surface area contributed by atoms with E-state index in [1.54, 1.807) is 0 Å². The number of esters is 1. The monoisotopic (exact) mass is 293 g/mol. The SMILES string of the molecule is COC(=O)[C@H]1O[C@@H]2O[C@H]1CN[C@H]2COCc1ccccc1. The Kier molecular flexibility index (Phi) is 4.50. The predicted octanol–water partition coefficient (Wildman–Crippen LogP) is 0.458. The molecule has 1 aromatic carbocycles. The maximum absolute atomic E-state index is 11.6. The Labute approximate surface area is 123 Å². The van der Waals surface area contributed by atoms with Crippen LogP contribution < -0.4 is 5.32 Å². The Hall–Kier alpha value is -1.47. The Morgan fingerprint density at radius 1 is 1.33 bits per heavy atom. The Balaban J connectivity index is 1.49. The fourth-order valence-corrected chi connectivity index (χ4v) is 2.56. The predicted molar refractivity (Wildman–Crippen MR) is 73.4 cm³/mol. The van der Waals surface area contributed by atoms with Crippen LogP contribution in [0.15, 0.2) is 30.3 Å². The summed E-state index contributed by atoms with van der Waals surface area (Å²) < 4.78 is 21.7. The smallest absolute Gasteiger partial charge is 0.337 e. The molecule has 2 bridgehead atoms. The molecule has 114 valence electrons. The van der Waals surface area contributed by atoms with Crippen LogP contribution in [0.4, 0.5) is 0 Å². The van der Waals surface area contributed by atoms with Gasteiger partial charge in [-0.2, -0.15) is 0 Å². The highest BCUT2D eigenvalue weighted by molar-refractivity contribution is 5.75. The summed E-state index contributed by atoms with van der Waals surface area (Å²) in [6.45, 7) is 1.55. The fraction of sp³-hybridized carbons (Fsp3) is 0.533. The van der Waals surface area contributed by atoms with Gasteiger partial charge in [-0.3, -0.25) is 0 Å². The van der Waals surface area contributed by atoms with Gasteiger partial charge in [0.2, 0.25) is 0 Å². The summed E-state index contributed by atoms with van der Waals surface area (Å²) in [5, 5.41) is 3.29. The first-order chi connectivity index (χ1) is 10.3. The van der Waals surface area contributed by atoms with Gasteiger partial charge in [0.05, 0.1) is 26.4 Å². The van der Waals surface area contributed by atoms with Gasteiger partial charge in [-0.1, -0.05) is 30.3 Å². The van der Waals surface area contributed by atoms with E-state index in [9.17, 15) is 4.79 Å². The molecule has 2 aliphatic rings. The molecule has 1 N–H and O–H groups in total. The van der Waals surface area contributed by atoms with E-state index < -0.39 is 18.4 Å².